The summed E-state index contributed by atoms with van der Waals surface area (Å²) in [6.07, 6.45) is 4.06. The van der Waals surface area contributed by atoms with Crippen molar-refractivity contribution in [2.75, 3.05) is 0 Å². The van der Waals surface area contributed by atoms with Crippen molar-refractivity contribution in [2.45, 2.75) is 26.2 Å². The molecule has 3 aliphatic rings. The lowest BCUT2D eigenvalue weighted by Gasteiger charge is -2.35. The van der Waals surface area contributed by atoms with Crippen LogP contribution in [0.4, 0.5) is 0 Å². The Balaban J connectivity index is 2.09. The molecule has 3 rings (SSSR count). The maximum Gasteiger partial charge on any atom is 0.00943 e. The lowest BCUT2D eigenvalue weighted by molar-refractivity contribution is 0.504. The topological polar surface area (TPSA) is 0 Å². The maximum absolute atomic E-state index is 3.79. The van der Waals surface area contributed by atoms with Gasteiger partial charge in [-0.25, -0.2) is 0 Å². The van der Waals surface area contributed by atoms with E-state index in [9.17, 15) is 0 Å². The molecule has 0 amide bonds. The van der Waals surface area contributed by atoms with Crippen LogP contribution in [0.5, 0.6) is 0 Å². The first kappa shape index (κ1) is 6.74. The third kappa shape index (κ3) is 0.571. The molecule has 62 valence electrons. The molecule has 0 spiro atoms. The van der Waals surface area contributed by atoms with Crippen LogP contribution in [0.1, 0.15) is 26.2 Å². The molecule has 0 radical (unpaired) electrons. The zero-order valence-corrected chi connectivity index (χ0v) is 7.56. The minimum atomic E-state index is 0.784. The van der Waals surface area contributed by atoms with Crippen LogP contribution in [0, 0.1) is 17.8 Å². The van der Waals surface area contributed by atoms with Crippen LogP contribution in [0.2, 0.25) is 0 Å². The third-order valence-electron chi connectivity index (χ3n) is 3.93. The van der Waals surface area contributed by atoms with Crippen LogP contribution in [-0.2, 0) is 0 Å². The highest BCUT2D eigenvalue weighted by Crippen LogP contribution is 2.60. The van der Waals surface area contributed by atoms with E-state index in [1.807, 2.05) is 5.57 Å². The summed E-state index contributed by atoms with van der Waals surface area (Å²) in [5, 5.41) is 0. The molecule has 0 nitrogen and oxygen atoms in total. The van der Waals surface area contributed by atoms with E-state index in [4.69, 9.17) is 0 Å². The van der Waals surface area contributed by atoms with Crippen LogP contribution in [0.25, 0.3) is 0 Å². The van der Waals surface area contributed by atoms with Gasteiger partial charge in [0.2, 0.25) is 0 Å². The summed E-state index contributed by atoms with van der Waals surface area (Å²) < 4.78 is 0. The average Bonchev–Trinajstić information content (AvgIpc) is 2.54. The minimum Gasteiger partial charge on any atom is -0.129 e. The minimum absolute atomic E-state index is 0.784. The van der Waals surface area contributed by atoms with Crippen molar-refractivity contribution >= 4 is 0 Å². The molecule has 0 heterocycles. The fourth-order valence-electron chi connectivity index (χ4n) is 3.41. The molecule has 0 N–H and O–H groups in total. The second kappa shape index (κ2) is 1.95. The van der Waals surface area contributed by atoms with Gasteiger partial charge < -0.3 is 0 Å². The molecule has 12 heavy (non-hydrogen) atoms. The van der Waals surface area contributed by atoms with Crippen LogP contribution in [-0.4, -0.2) is 0 Å². The second-order valence-electron chi connectivity index (χ2n) is 4.48. The summed E-state index contributed by atoms with van der Waals surface area (Å²) in [6, 6.07) is 0. The van der Waals surface area contributed by atoms with Crippen molar-refractivity contribution in [3.8, 4) is 0 Å². The lowest BCUT2D eigenvalue weighted by atomic mass is 9.70. The molecule has 0 aromatic carbocycles. The predicted molar refractivity (Wildman–Crippen MR) is 49.7 cm³/mol. The molecule has 1 saturated carbocycles. The fraction of sp³-hybridized carbons (Fsp3) is 0.583. The van der Waals surface area contributed by atoms with Gasteiger partial charge in [0.15, 0.2) is 0 Å². The van der Waals surface area contributed by atoms with Gasteiger partial charge in [-0.3, -0.25) is 0 Å². The van der Waals surface area contributed by atoms with Crippen molar-refractivity contribution in [2.24, 2.45) is 17.8 Å². The van der Waals surface area contributed by atoms with Crippen LogP contribution in [0.3, 0.4) is 0 Å². The maximum atomic E-state index is 3.79. The molecule has 0 saturated heterocycles. The highest BCUT2D eigenvalue weighted by Gasteiger charge is 2.48. The van der Waals surface area contributed by atoms with E-state index in [0.29, 0.717) is 0 Å². The summed E-state index contributed by atoms with van der Waals surface area (Å²) in [4.78, 5) is 0. The van der Waals surface area contributed by atoms with E-state index in [0.717, 1.165) is 17.8 Å². The molecular formula is C12H14. The predicted octanol–water partition coefficient (Wildman–Crippen LogP) is 3.07. The fourth-order valence-corrected chi connectivity index (χ4v) is 3.41. The van der Waals surface area contributed by atoms with Crippen molar-refractivity contribution < 1.29 is 0 Å². The van der Waals surface area contributed by atoms with Gasteiger partial charge in [0, 0.05) is 5.92 Å². The summed E-state index contributed by atoms with van der Waals surface area (Å²) in [5.41, 5.74) is 8.23. The third-order valence-corrected chi connectivity index (χ3v) is 3.93. The van der Waals surface area contributed by atoms with Crippen molar-refractivity contribution in [3.63, 3.8) is 0 Å². The Hall–Kier alpha value is -0.740. The van der Waals surface area contributed by atoms with Crippen LogP contribution in [0.15, 0.2) is 29.0 Å². The van der Waals surface area contributed by atoms with Gasteiger partial charge in [-0.2, -0.15) is 0 Å². The number of allylic oxidation sites excluding steroid dienone is 3. The molecule has 0 heteroatoms. The summed E-state index contributed by atoms with van der Waals surface area (Å²) in [5.74, 6) is 2.57. The Labute approximate surface area is 73.7 Å². The van der Waals surface area contributed by atoms with Gasteiger partial charge in [0.05, 0.1) is 0 Å². The molecule has 3 unspecified atom stereocenters. The van der Waals surface area contributed by atoms with Gasteiger partial charge in [-0.15, -0.1) is 5.73 Å². The van der Waals surface area contributed by atoms with E-state index in [2.05, 4.69) is 19.2 Å². The van der Waals surface area contributed by atoms with Crippen molar-refractivity contribution in [1.82, 2.24) is 0 Å². The Morgan fingerprint density at radius 3 is 2.92 bits per heavy atom. The van der Waals surface area contributed by atoms with Gasteiger partial charge in [-0.05, 0) is 36.7 Å². The van der Waals surface area contributed by atoms with Crippen molar-refractivity contribution in [1.29, 1.82) is 0 Å². The number of fused-ring (bicyclic) bond motifs is 4. The largest absolute Gasteiger partial charge is 0.129 e. The van der Waals surface area contributed by atoms with E-state index in [-0.39, 0.29) is 0 Å². The first-order valence-corrected chi connectivity index (χ1v) is 4.93. The smallest absolute Gasteiger partial charge is 0.00943 e. The number of rotatable bonds is 0. The summed E-state index contributed by atoms with van der Waals surface area (Å²) >= 11 is 0. The second-order valence-corrected chi connectivity index (χ2v) is 4.48. The Morgan fingerprint density at radius 1 is 1.42 bits per heavy atom. The van der Waals surface area contributed by atoms with Gasteiger partial charge in [-0.1, -0.05) is 24.6 Å². The monoisotopic (exact) mass is 158 g/mol. The zero-order valence-electron chi connectivity index (χ0n) is 7.56. The Kier molecular flexibility index (Phi) is 1.09. The Morgan fingerprint density at radius 2 is 2.25 bits per heavy atom. The van der Waals surface area contributed by atoms with Crippen LogP contribution < -0.4 is 0 Å². The highest BCUT2D eigenvalue weighted by molar-refractivity contribution is 5.46. The average molecular weight is 158 g/mol. The van der Waals surface area contributed by atoms with Gasteiger partial charge >= 0.3 is 0 Å². The molecule has 1 fully saturated rings. The number of hydrogen-bond donors (Lipinski definition) is 0. The zero-order chi connectivity index (χ0) is 8.29. The molecule has 3 aliphatic carbocycles. The Bertz CT molecular complexity index is 326. The van der Waals surface area contributed by atoms with Gasteiger partial charge in [0.25, 0.3) is 0 Å². The molecule has 0 aromatic heterocycles. The SMILES string of the molecule is C=C=C1CC2CC1C1=C2CC1C. The molecule has 3 atom stereocenters. The number of hydrogen-bond acceptors (Lipinski definition) is 0. The molecule has 2 bridgehead atoms. The van der Waals surface area contributed by atoms with Gasteiger partial charge in [0.1, 0.15) is 0 Å². The summed E-state index contributed by atoms with van der Waals surface area (Å²) in [6.45, 7) is 6.15. The normalized spacial score (nSPS) is 42.8. The molecular weight excluding hydrogens is 144 g/mol. The summed E-state index contributed by atoms with van der Waals surface area (Å²) in [7, 11) is 0. The highest BCUT2D eigenvalue weighted by atomic mass is 14.5. The van der Waals surface area contributed by atoms with Crippen LogP contribution >= 0.6 is 0 Å². The van der Waals surface area contributed by atoms with Crippen molar-refractivity contribution in [3.05, 3.63) is 29.0 Å². The molecule has 0 aromatic rings. The van der Waals surface area contributed by atoms with E-state index >= 15 is 0 Å². The first-order valence-electron chi connectivity index (χ1n) is 4.93. The molecule has 0 aliphatic heterocycles. The lowest BCUT2D eigenvalue weighted by Crippen LogP contribution is -2.22. The quantitative estimate of drug-likeness (QED) is 0.375. The van der Waals surface area contributed by atoms with E-state index in [1.54, 1.807) is 5.57 Å². The first-order chi connectivity index (χ1) is 5.81. The standard InChI is InChI=1S/C12H14/c1-3-8-5-9-6-11(8)12-7(2)4-10(9)12/h7,9,11H,1,4-6H2,2H3. The van der Waals surface area contributed by atoms with E-state index < -0.39 is 0 Å². The van der Waals surface area contributed by atoms with E-state index in [1.165, 1.54) is 24.8 Å².